The molecule has 3 heteroatoms. The van der Waals surface area contributed by atoms with Gasteiger partial charge >= 0.3 is 0 Å². The van der Waals surface area contributed by atoms with Crippen LogP contribution in [0.2, 0.25) is 0 Å². The van der Waals surface area contributed by atoms with E-state index >= 15 is 0 Å². The summed E-state index contributed by atoms with van der Waals surface area (Å²) in [5, 5.41) is 3.78. The Labute approximate surface area is 127 Å². The molecule has 1 saturated heterocycles. The lowest BCUT2D eigenvalue weighted by Crippen LogP contribution is -2.43. The Morgan fingerprint density at radius 2 is 2.10 bits per heavy atom. The van der Waals surface area contributed by atoms with Gasteiger partial charge in [-0.3, -0.25) is 0 Å². The molecule has 2 heterocycles. The van der Waals surface area contributed by atoms with Gasteiger partial charge < -0.3 is 10.2 Å². The topological polar surface area (TPSA) is 15.3 Å². The first-order valence-corrected chi connectivity index (χ1v) is 9.08. The first-order chi connectivity index (χ1) is 9.70. The van der Waals surface area contributed by atoms with E-state index in [0.717, 1.165) is 18.5 Å². The van der Waals surface area contributed by atoms with Gasteiger partial charge in [-0.1, -0.05) is 13.8 Å². The molecule has 3 rings (SSSR count). The zero-order valence-electron chi connectivity index (χ0n) is 13.0. The van der Waals surface area contributed by atoms with E-state index in [-0.39, 0.29) is 0 Å². The van der Waals surface area contributed by atoms with Crippen molar-refractivity contribution in [2.24, 2.45) is 5.92 Å². The summed E-state index contributed by atoms with van der Waals surface area (Å²) in [6.07, 6.45) is 6.66. The van der Waals surface area contributed by atoms with E-state index in [1.807, 2.05) is 11.3 Å². The van der Waals surface area contributed by atoms with Crippen molar-refractivity contribution in [3.05, 3.63) is 21.4 Å². The highest BCUT2D eigenvalue weighted by atomic mass is 32.1. The Morgan fingerprint density at radius 1 is 1.30 bits per heavy atom. The van der Waals surface area contributed by atoms with E-state index in [0.29, 0.717) is 0 Å². The van der Waals surface area contributed by atoms with E-state index in [1.165, 1.54) is 51.7 Å². The fraction of sp³-hybridized carbons (Fsp3) is 0.765. The predicted octanol–water partition coefficient (Wildman–Crippen LogP) is 3.45. The number of piperidine rings is 1. The van der Waals surface area contributed by atoms with Crippen molar-refractivity contribution < 1.29 is 0 Å². The van der Waals surface area contributed by atoms with Crippen LogP contribution in [0.4, 0.5) is 0 Å². The molecule has 2 aliphatic rings. The number of nitrogens with one attached hydrogen (secondary N) is 1. The summed E-state index contributed by atoms with van der Waals surface area (Å²) >= 11 is 2.05. The molecule has 0 aromatic carbocycles. The predicted molar refractivity (Wildman–Crippen MR) is 87.5 cm³/mol. The van der Waals surface area contributed by atoms with Gasteiger partial charge in [0, 0.05) is 28.9 Å². The van der Waals surface area contributed by atoms with Gasteiger partial charge in [-0.05, 0) is 62.7 Å². The molecule has 1 N–H and O–H groups in total. The van der Waals surface area contributed by atoms with Crippen LogP contribution in [-0.2, 0) is 19.4 Å². The van der Waals surface area contributed by atoms with Gasteiger partial charge in [0.15, 0.2) is 0 Å². The van der Waals surface area contributed by atoms with Crippen molar-refractivity contribution in [3.63, 3.8) is 0 Å². The Kier molecular flexibility index (Phi) is 4.79. The van der Waals surface area contributed by atoms with Crippen LogP contribution in [-0.4, -0.2) is 30.6 Å². The smallest absolute Gasteiger partial charge is 0.0302 e. The zero-order chi connectivity index (χ0) is 13.9. The van der Waals surface area contributed by atoms with Crippen LogP contribution < -0.4 is 5.32 Å². The van der Waals surface area contributed by atoms with Crippen LogP contribution in [0, 0.1) is 5.92 Å². The van der Waals surface area contributed by atoms with E-state index in [2.05, 4.69) is 30.1 Å². The SMILES string of the molecule is CC(C)CN1CCC(NCc2cc3c(s2)CCC3)CC1. The van der Waals surface area contributed by atoms with Crippen molar-refractivity contribution in [2.45, 2.75) is 58.5 Å². The van der Waals surface area contributed by atoms with Crippen LogP contribution in [0.3, 0.4) is 0 Å². The second-order valence-corrected chi connectivity index (χ2v) is 8.09. The second-order valence-electron chi connectivity index (χ2n) is 6.86. The maximum Gasteiger partial charge on any atom is 0.0302 e. The molecule has 0 bridgehead atoms. The van der Waals surface area contributed by atoms with Gasteiger partial charge in [0.1, 0.15) is 0 Å². The van der Waals surface area contributed by atoms with Crippen molar-refractivity contribution in [1.82, 2.24) is 10.2 Å². The van der Waals surface area contributed by atoms with Gasteiger partial charge in [0.25, 0.3) is 0 Å². The molecular formula is C17H28N2S. The molecule has 0 radical (unpaired) electrons. The van der Waals surface area contributed by atoms with Crippen LogP contribution in [0.1, 0.15) is 48.4 Å². The molecule has 0 spiro atoms. The first-order valence-electron chi connectivity index (χ1n) is 8.27. The van der Waals surface area contributed by atoms with E-state index in [1.54, 1.807) is 15.3 Å². The normalized spacial score (nSPS) is 20.8. The number of thiophene rings is 1. The number of fused-ring (bicyclic) bond motifs is 1. The zero-order valence-corrected chi connectivity index (χ0v) is 13.8. The average molecular weight is 292 g/mol. The Bertz CT molecular complexity index is 409. The number of hydrogen-bond donors (Lipinski definition) is 1. The fourth-order valence-corrected chi connectivity index (χ4v) is 4.77. The lowest BCUT2D eigenvalue weighted by atomic mass is 10.0. The van der Waals surface area contributed by atoms with Crippen molar-refractivity contribution >= 4 is 11.3 Å². The van der Waals surface area contributed by atoms with Gasteiger partial charge in [-0.25, -0.2) is 0 Å². The maximum absolute atomic E-state index is 3.78. The minimum atomic E-state index is 0.732. The van der Waals surface area contributed by atoms with Crippen molar-refractivity contribution in [3.8, 4) is 0 Å². The molecular weight excluding hydrogens is 264 g/mol. The Hall–Kier alpha value is -0.380. The summed E-state index contributed by atoms with van der Waals surface area (Å²) in [5.41, 5.74) is 1.64. The first kappa shape index (κ1) is 14.6. The van der Waals surface area contributed by atoms with Crippen LogP contribution in [0.25, 0.3) is 0 Å². The Balaban J connectivity index is 1.41. The molecule has 1 aliphatic heterocycles. The standard InChI is InChI=1S/C17H28N2S/c1-13(2)12-19-8-6-15(7-9-19)18-11-16-10-14-4-3-5-17(14)20-16/h10,13,15,18H,3-9,11-12H2,1-2H3. The lowest BCUT2D eigenvalue weighted by molar-refractivity contribution is 0.179. The fourth-order valence-electron chi connectivity index (χ4n) is 3.56. The van der Waals surface area contributed by atoms with Gasteiger partial charge in [-0.15, -0.1) is 11.3 Å². The van der Waals surface area contributed by atoms with Gasteiger partial charge in [0.2, 0.25) is 0 Å². The third-order valence-electron chi connectivity index (χ3n) is 4.57. The minimum Gasteiger partial charge on any atom is -0.309 e. The molecule has 0 saturated carbocycles. The Morgan fingerprint density at radius 3 is 2.80 bits per heavy atom. The van der Waals surface area contributed by atoms with Gasteiger partial charge in [-0.2, -0.15) is 0 Å². The third kappa shape index (κ3) is 3.63. The molecule has 0 amide bonds. The average Bonchev–Trinajstić information content (AvgIpc) is 2.98. The van der Waals surface area contributed by atoms with Crippen LogP contribution in [0.15, 0.2) is 6.07 Å². The highest BCUT2D eigenvalue weighted by Gasteiger charge is 2.20. The van der Waals surface area contributed by atoms with Gasteiger partial charge in [0.05, 0.1) is 0 Å². The largest absolute Gasteiger partial charge is 0.309 e. The number of rotatable bonds is 5. The summed E-state index contributed by atoms with van der Waals surface area (Å²) in [5.74, 6) is 0.799. The minimum absolute atomic E-state index is 0.732. The lowest BCUT2D eigenvalue weighted by Gasteiger charge is -2.33. The molecule has 1 aliphatic carbocycles. The molecule has 0 atom stereocenters. The van der Waals surface area contributed by atoms with E-state index in [4.69, 9.17) is 0 Å². The maximum atomic E-state index is 3.78. The number of nitrogens with zero attached hydrogens (tertiary/aromatic N) is 1. The quantitative estimate of drug-likeness (QED) is 0.894. The second kappa shape index (κ2) is 6.59. The third-order valence-corrected chi connectivity index (χ3v) is 5.81. The molecule has 1 aromatic heterocycles. The summed E-state index contributed by atoms with van der Waals surface area (Å²) in [6.45, 7) is 9.55. The van der Waals surface area contributed by atoms with E-state index in [9.17, 15) is 0 Å². The van der Waals surface area contributed by atoms with Crippen LogP contribution in [0.5, 0.6) is 0 Å². The molecule has 1 aromatic rings. The summed E-state index contributed by atoms with van der Waals surface area (Å²) < 4.78 is 0. The summed E-state index contributed by atoms with van der Waals surface area (Å²) in [6, 6.07) is 3.18. The number of aryl methyl sites for hydroxylation is 2. The van der Waals surface area contributed by atoms with Crippen molar-refractivity contribution in [1.29, 1.82) is 0 Å². The summed E-state index contributed by atoms with van der Waals surface area (Å²) in [4.78, 5) is 5.84. The van der Waals surface area contributed by atoms with E-state index < -0.39 is 0 Å². The number of likely N-dealkylation sites (tertiary alicyclic amines) is 1. The molecule has 1 fully saturated rings. The molecule has 20 heavy (non-hydrogen) atoms. The highest BCUT2D eigenvalue weighted by molar-refractivity contribution is 7.12. The number of hydrogen-bond acceptors (Lipinski definition) is 3. The monoisotopic (exact) mass is 292 g/mol. The molecule has 2 nitrogen and oxygen atoms in total. The van der Waals surface area contributed by atoms with Crippen LogP contribution >= 0.6 is 11.3 Å². The van der Waals surface area contributed by atoms with Crippen molar-refractivity contribution in [2.75, 3.05) is 19.6 Å². The summed E-state index contributed by atoms with van der Waals surface area (Å²) in [7, 11) is 0. The highest BCUT2D eigenvalue weighted by Crippen LogP contribution is 2.30. The molecule has 0 unspecified atom stereocenters. The molecule has 112 valence electrons.